The molecule has 0 atom stereocenters. The molecule has 1 aromatic heterocycles. The topological polar surface area (TPSA) is 69.4 Å². The van der Waals surface area contributed by atoms with Crippen molar-refractivity contribution in [1.82, 2.24) is 4.98 Å². The minimum Gasteiger partial charge on any atom is -0.495 e. The highest BCUT2D eigenvalue weighted by Gasteiger charge is 2.21. The van der Waals surface area contributed by atoms with Gasteiger partial charge in [0.2, 0.25) is 0 Å². The number of ether oxygens (including phenoxy) is 1. The summed E-state index contributed by atoms with van der Waals surface area (Å²) in [5.74, 6) is 0.734. The van der Waals surface area contributed by atoms with Crippen LogP contribution in [0.2, 0.25) is 0 Å². The molecule has 0 fully saturated rings. The van der Waals surface area contributed by atoms with Crippen molar-refractivity contribution in [2.24, 2.45) is 0 Å². The summed E-state index contributed by atoms with van der Waals surface area (Å²) >= 11 is 0. The Kier molecular flexibility index (Phi) is 3.56. The molecule has 0 N–H and O–H groups in total. The summed E-state index contributed by atoms with van der Waals surface area (Å²) in [6.07, 6.45) is 1.46. The number of hydrogen-bond acceptors (Lipinski definition) is 5. The number of nitrogens with zero attached hydrogens (tertiary/aromatic N) is 1. The highest BCUT2D eigenvalue weighted by atomic mass is 35.7. The predicted octanol–water partition coefficient (Wildman–Crippen LogP) is 2.89. The molecule has 0 aliphatic heterocycles. The van der Waals surface area contributed by atoms with Gasteiger partial charge in [-0.15, -0.1) is 0 Å². The average Bonchev–Trinajstić information content (AvgIpc) is 2.73. The van der Waals surface area contributed by atoms with Crippen molar-refractivity contribution in [1.29, 1.82) is 0 Å². The number of aryl methyl sites for hydroxylation is 2. The molecular weight excluding hydrogens is 290 g/mol. The van der Waals surface area contributed by atoms with Crippen LogP contribution in [-0.2, 0) is 9.05 Å². The molecule has 7 heteroatoms. The summed E-state index contributed by atoms with van der Waals surface area (Å²) < 4.78 is 33.4. The normalized spacial score (nSPS) is 11.6. The molecule has 5 nitrogen and oxygen atoms in total. The molecule has 0 spiro atoms. The Labute approximate surface area is 115 Å². The van der Waals surface area contributed by atoms with Gasteiger partial charge >= 0.3 is 0 Å². The van der Waals surface area contributed by atoms with Crippen molar-refractivity contribution in [3.63, 3.8) is 0 Å². The average molecular weight is 302 g/mol. The van der Waals surface area contributed by atoms with Crippen molar-refractivity contribution in [3.8, 4) is 17.0 Å². The van der Waals surface area contributed by atoms with Crippen LogP contribution in [-0.4, -0.2) is 20.5 Å². The van der Waals surface area contributed by atoms with Crippen LogP contribution < -0.4 is 4.74 Å². The van der Waals surface area contributed by atoms with E-state index >= 15 is 0 Å². The summed E-state index contributed by atoms with van der Waals surface area (Å²) in [6.45, 7) is 3.44. The van der Waals surface area contributed by atoms with Gasteiger partial charge in [-0.25, -0.2) is 13.4 Å². The first-order chi connectivity index (χ1) is 8.82. The minimum atomic E-state index is -3.90. The van der Waals surface area contributed by atoms with Crippen molar-refractivity contribution < 1.29 is 17.6 Å². The number of benzene rings is 1. The first-order valence-electron chi connectivity index (χ1n) is 5.38. The maximum absolute atomic E-state index is 11.6. The van der Waals surface area contributed by atoms with E-state index in [-0.39, 0.29) is 10.6 Å². The Morgan fingerprint density at radius 3 is 2.47 bits per heavy atom. The Bertz CT molecular complexity index is 721. The zero-order chi connectivity index (χ0) is 14.2. The van der Waals surface area contributed by atoms with Crippen molar-refractivity contribution >= 4 is 19.7 Å². The molecule has 0 unspecified atom stereocenters. The molecule has 0 aliphatic rings. The monoisotopic (exact) mass is 301 g/mol. The second-order valence-corrected chi connectivity index (χ2v) is 6.55. The molecule has 0 bridgehead atoms. The van der Waals surface area contributed by atoms with Gasteiger partial charge in [-0.1, -0.05) is 0 Å². The molecular formula is C12H12ClNO4S. The quantitative estimate of drug-likeness (QED) is 0.815. The highest BCUT2D eigenvalue weighted by molar-refractivity contribution is 8.13. The van der Waals surface area contributed by atoms with E-state index < -0.39 is 9.05 Å². The molecule has 2 aromatic rings. The van der Waals surface area contributed by atoms with E-state index in [4.69, 9.17) is 19.8 Å². The molecule has 0 saturated carbocycles. The van der Waals surface area contributed by atoms with Crippen LogP contribution in [0.25, 0.3) is 11.3 Å². The van der Waals surface area contributed by atoms with E-state index in [1.54, 1.807) is 19.9 Å². The van der Waals surface area contributed by atoms with Gasteiger partial charge in [0.1, 0.15) is 22.6 Å². The van der Waals surface area contributed by atoms with Gasteiger partial charge in [-0.2, -0.15) is 0 Å². The SMILES string of the molecule is COc1c(C)cc(-c2coc(C)n2)cc1S(=O)(=O)Cl. The number of hydrogen-bond donors (Lipinski definition) is 0. The highest BCUT2D eigenvalue weighted by Crippen LogP contribution is 2.34. The lowest BCUT2D eigenvalue weighted by Gasteiger charge is -2.10. The van der Waals surface area contributed by atoms with Crippen molar-refractivity contribution in [2.75, 3.05) is 7.11 Å². The second-order valence-electron chi connectivity index (χ2n) is 4.01. The zero-order valence-corrected chi connectivity index (χ0v) is 12.2. The Morgan fingerprint density at radius 2 is 2.00 bits per heavy atom. The van der Waals surface area contributed by atoms with Crippen LogP contribution in [0.4, 0.5) is 0 Å². The van der Waals surface area contributed by atoms with E-state index in [1.807, 2.05) is 0 Å². The lowest BCUT2D eigenvalue weighted by atomic mass is 10.1. The van der Waals surface area contributed by atoms with Crippen LogP contribution in [0.3, 0.4) is 0 Å². The molecule has 19 heavy (non-hydrogen) atoms. The number of oxazole rings is 1. The van der Waals surface area contributed by atoms with E-state index in [1.165, 1.54) is 19.4 Å². The standard InChI is InChI=1S/C12H12ClNO4S/c1-7-4-9(10-6-18-8(2)14-10)5-11(12(7)17-3)19(13,15)16/h4-6H,1-3H3. The summed E-state index contributed by atoms with van der Waals surface area (Å²) in [7, 11) is 2.92. The van der Waals surface area contributed by atoms with Crippen LogP contribution in [0.1, 0.15) is 11.5 Å². The first kappa shape index (κ1) is 13.9. The Balaban J connectivity index is 2.70. The van der Waals surface area contributed by atoms with E-state index in [0.717, 1.165) is 0 Å². The van der Waals surface area contributed by atoms with Crippen molar-refractivity contribution in [3.05, 3.63) is 29.9 Å². The van der Waals surface area contributed by atoms with Gasteiger partial charge in [-0.3, -0.25) is 0 Å². The number of rotatable bonds is 3. The largest absolute Gasteiger partial charge is 0.495 e. The smallest absolute Gasteiger partial charge is 0.265 e. The molecule has 1 heterocycles. The third-order valence-corrected chi connectivity index (χ3v) is 3.95. The van der Waals surface area contributed by atoms with Gasteiger partial charge < -0.3 is 9.15 Å². The number of halogens is 1. The fourth-order valence-electron chi connectivity index (χ4n) is 1.83. The molecule has 1 aromatic carbocycles. The number of methoxy groups -OCH3 is 1. The van der Waals surface area contributed by atoms with Crippen molar-refractivity contribution in [2.45, 2.75) is 18.7 Å². The predicted molar refractivity (Wildman–Crippen MR) is 71.0 cm³/mol. The fourth-order valence-corrected chi connectivity index (χ4v) is 2.91. The van der Waals surface area contributed by atoms with E-state index in [0.29, 0.717) is 22.7 Å². The molecule has 0 saturated heterocycles. The zero-order valence-electron chi connectivity index (χ0n) is 10.6. The molecule has 0 radical (unpaired) electrons. The summed E-state index contributed by atoms with van der Waals surface area (Å²) in [6, 6.07) is 3.19. The number of aromatic nitrogens is 1. The van der Waals surface area contributed by atoms with Crippen LogP contribution >= 0.6 is 10.7 Å². The third-order valence-electron chi connectivity index (χ3n) is 2.62. The summed E-state index contributed by atoms with van der Waals surface area (Å²) in [5, 5.41) is 0. The van der Waals surface area contributed by atoms with Gasteiger partial charge in [0.05, 0.1) is 7.11 Å². The summed E-state index contributed by atoms with van der Waals surface area (Å²) in [5.41, 5.74) is 1.80. The first-order valence-corrected chi connectivity index (χ1v) is 7.69. The van der Waals surface area contributed by atoms with Gasteiger partial charge in [0.25, 0.3) is 9.05 Å². The molecule has 0 amide bonds. The maximum atomic E-state index is 11.6. The van der Waals surface area contributed by atoms with Crippen LogP contribution in [0.15, 0.2) is 27.7 Å². The van der Waals surface area contributed by atoms with Gasteiger partial charge in [0.15, 0.2) is 5.89 Å². The third kappa shape index (κ3) is 2.74. The van der Waals surface area contributed by atoms with Gasteiger partial charge in [0, 0.05) is 23.2 Å². The second kappa shape index (κ2) is 4.86. The minimum absolute atomic E-state index is 0.0766. The van der Waals surface area contributed by atoms with E-state index in [9.17, 15) is 8.42 Å². The summed E-state index contributed by atoms with van der Waals surface area (Å²) in [4.78, 5) is 4.08. The fraction of sp³-hybridized carbons (Fsp3) is 0.250. The van der Waals surface area contributed by atoms with Crippen LogP contribution in [0.5, 0.6) is 5.75 Å². The lowest BCUT2D eigenvalue weighted by Crippen LogP contribution is -1.99. The molecule has 2 rings (SSSR count). The Hall–Kier alpha value is -1.53. The molecule has 0 aliphatic carbocycles. The van der Waals surface area contributed by atoms with E-state index in [2.05, 4.69) is 4.98 Å². The maximum Gasteiger partial charge on any atom is 0.265 e. The van der Waals surface area contributed by atoms with Gasteiger partial charge in [-0.05, 0) is 24.6 Å². The lowest BCUT2D eigenvalue weighted by molar-refractivity contribution is 0.400. The molecule has 102 valence electrons. The van der Waals surface area contributed by atoms with Crippen LogP contribution in [0, 0.1) is 13.8 Å². The Morgan fingerprint density at radius 1 is 1.32 bits per heavy atom.